The van der Waals surface area contributed by atoms with Crippen molar-refractivity contribution in [3.8, 4) is 0 Å². The van der Waals surface area contributed by atoms with Crippen LogP contribution in [0, 0.1) is 0 Å². The fourth-order valence-corrected chi connectivity index (χ4v) is 6.33. The van der Waals surface area contributed by atoms with Crippen molar-refractivity contribution in [3.05, 3.63) is 120 Å². The number of carboxylic acids is 1. The molecule has 0 spiro atoms. The minimum atomic E-state index is -1.02. The van der Waals surface area contributed by atoms with Crippen molar-refractivity contribution >= 4 is 23.8 Å². The summed E-state index contributed by atoms with van der Waals surface area (Å²) in [4.78, 5) is 26.0. The lowest BCUT2D eigenvalue weighted by Gasteiger charge is -2.37. The van der Waals surface area contributed by atoms with Gasteiger partial charge in [-0.2, -0.15) is 0 Å². The van der Waals surface area contributed by atoms with Gasteiger partial charge < -0.3 is 9.84 Å². The summed E-state index contributed by atoms with van der Waals surface area (Å²) in [7, 11) is 0. The van der Waals surface area contributed by atoms with Gasteiger partial charge in [0.15, 0.2) is 0 Å². The Labute approximate surface area is 204 Å². The number of hydrogen-bond donors (Lipinski definition) is 1. The van der Waals surface area contributed by atoms with Crippen LogP contribution in [0.5, 0.6) is 0 Å². The molecule has 6 heteroatoms. The van der Waals surface area contributed by atoms with Gasteiger partial charge in [-0.05, 0) is 23.1 Å². The van der Waals surface area contributed by atoms with Gasteiger partial charge in [-0.15, -0.1) is 11.8 Å². The molecule has 1 amide bonds. The molecule has 5 nitrogen and oxygen atoms in total. The number of hydrogen-bond acceptors (Lipinski definition) is 4. The number of carboxylic acid groups (broad SMARTS) is 1. The quantitative estimate of drug-likeness (QED) is 0.343. The summed E-state index contributed by atoms with van der Waals surface area (Å²) in [5.41, 5.74) is 3.28. The van der Waals surface area contributed by atoms with Gasteiger partial charge >= 0.3 is 12.1 Å². The molecule has 0 saturated carbocycles. The predicted molar refractivity (Wildman–Crippen MR) is 135 cm³/mol. The number of ether oxygens (including phenoxy) is 1. The highest BCUT2D eigenvalue weighted by Crippen LogP contribution is 2.52. The molecular formula is C28H27NO4S. The van der Waals surface area contributed by atoms with Gasteiger partial charge in [-0.1, -0.05) is 104 Å². The summed E-state index contributed by atoms with van der Waals surface area (Å²) < 4.78 is 4.60. The SMILES string of the molecule is C=CCOC(=O)N1C[C@@H](SC(c2ccccc2)(c2ccccc2)c2ccccc2)C[C@H]1C(=O)O. The topological polar surface area (TPSA) is 66.8 Å². The van der Waals surface area contributed by atoms with Crippen molar-refractivity contribution < 1.29 is 19.4 Å². The third kappa shape index (κ3) is 4.73. The summed E-state index contributed by atoms with van der Waals surface area (Å²) in [6, 6.07) is 29.8. The second-order valence-corrected chi connectivity index (χ2v) is 9.64. The number of likely N-dealkylation sites (tertiary alicyclic amines) is 1. The number of benzene rings is 3. The van der Waals surface area contributed by atoms with Crippen LogP contribution in [0.3, 0.4) is 0 Å². The third-order valence-electron chi connectivity index (χ3n) is 5.99. The molecule has 0 aliphatic carbocycles. The first kappa shape index (κ1) is 23.6. The third-order valence-corrected chi connectivity index (χ3v) is 7.73. The van der Waals surface area contributed by atoms with Crippen LogP contribution in [-0.2, 0) is 14.3 Å². The number of carbonyl (C=O) groups excluding carboxylic acids is 1. The number of aliphatic carboxylic acids is 1. The van der Waals surface area contributed by atoms with Crippen molar-refractivity contribution in [1.29, 1.82) is 0 Å². The highest BCUT2D eigenvalue weighted by atomic mass is 32.2. The normalized spacial score (nSPS) is 17.8. The summed E-state index contributed by atoms with van der Waals surface area (Å²) in [6.07, 6.45) is 1.18. The lowest BCUT2D eigenvalue weighted by Crippen LogP contribution is -2.41. The zero-order valence-electron chi connectivity index (χ0n) is 18.7. The second-order valence-electron chi connectivity index (χ2n) is 8.13. The van der Waals surface area contributed by atoms with Gasteiger partial charge in [-0.3, -0.25) is 4.90 Å². The average Bonchev–Trinajstić information content (AvgIpc) is 3.32. The minimum absolute atomic E-state index is 0.0431. The first-order chi connectivity index (χ1) is 16.6. The molecule has 0 bridgehead atoms. The largest absolute Gasteiger partial charge is 0.480 e. The van der Waals surface area contributed by atoms with E-state index < -0.39 is 22.9 Å². The lowest BCUT2D eigenvalue weighted by atomic mass is 9.84. The maximum absolute atomic E-state index is 12.6. The Balaban J connectivity index is 1.78. The van der Waals surface area contributed by atoms with Gasteiger partial charge in [-0.25, -0.2) is 9.59 Å². The summed E-state index contributed by atoms with van der Waals surface area (Å²) >= 11 is 1.69. The van der Waals surface area contributed by atoms with E-state index in [1.807, 2.05) is 54.6 Å². The van der Waals surface area contributed by atoms with Crippen molar-refractivity contribution in [3.63, 3.8) is 0 Å². The Morgan fingerprint density at radius 3 is 1.82 bits per heavy atom. The highest BCUT2D eigenvalue weighted by molar-refractivity contribution is 8.01. The predicted octanol–water partition coefficient (Wildman–Crippen LogP) is 5.56. The lowest BCUT2D eigenvalue weighted by molar-refractivity contribution is -0.141. The molecule has 0 aromatic heterocycles. The van der Waals surface area contributed by atoms with Crippen LogP contribution >= 0.6 is 11.8 Å². The Kier molecular flexibility index (Phi) is 7.38. The molecule has 1 N–H and O–H groups in total. The standard InChI is InChI=1S/C28H27NO4S/c1-2-18-33-27(32)29-20-24(19-25(29)26(30)31)34-28(21-12-6-3-7-13-21,22-14-8-4-9-15-22)23-16-10-5-11-17-23/h2-17,24-25H,1,18-20H2,(H,30,31)/t24-,25-/m0/s1. The van der Waals surface area contributed by atoms with Crippen LogP contribution < -0.4 is 0 Å². The van der Waals surface area contributed by atoms with E-state index in [0.717, 1.165) is 16.7 Å². The van der Waals surface area contributed by atoms with E-state index in [1.54, 1.807) is 11.8 Å². The molecule has 1 fully saturated rings. The van der Waals surface area contributed by atoms with Gasteiger partial charge in [0.2, 0.25) is 0 Å². The molecular weight excluding hydrogens is 446 g/mol. The highest BCUT2D eigenvalue weighted by Gasteiger charge is 2.46. The van der Waals surface area contributed by atoms with Crippen molar-refractivity contribution in [2.45, 2.75) is 22.5 Å². The molecule has 4 rings (SSSR count). The molecule has 1 aliphatic rings. The Bertz CT molecular complexity index is 1020. The number of thioether (sulfide) groups is 1. The summed E-state index contributed by atoms with van der Waals surface area (Å²) in [6.45, 7) is 3.89. The molecule has 1 aliphatic heterocycles. The molecule has 34 heavy (non-hydrogen) atoms. The molecule has 1 heterocycles. The van der Waals surface area contributed by atoms with Crippen LogP contribution in [0.15, 0.2) is 104 Å². The monoisotopic (exact) mass is 473 g/mol. The Hall–Kier alpha value is -3.51. The van der Waals surface area contributed by atoms with E-state index in [2.05, 4.69) is 43.0 Å². The van der Waals surface area contributed by atoms with E-state index in [9.17, 15) is 14.7 Å². The van der Waals surface area contributed by atoms with E-state index in [4.69, 9.17) is 4.74 Å². The fraction of sp³-hybridized carbons (Fsp3) is 0.214. The molecule has 3 aromatic carbocycles. The number of rotatable bonds is 8. The molecule has 0 unspecified atom stereocenters. The van der Waals surface area contributed by atoms with Crippen LogP contribution in [0.1, 0.15) is 23.1 Å². The van der Waals surface area contributed by atoms with Crippen molar-refractivity contribution in [2.24, 2.45) is 0 Å². The molecule has 1 saturated heterocycles. The van der Waals surface area contributed by atoms with E-state index in [1.165, 1.54) is 11.0 Å². The van der Waals surface area contributed by atoms with Crippen LogP contribution in [0.25, 0.3) is 0 Å². The van der Waals surface area contributed by atoms with E-state index >= 15 is 0 Å². The van der Waals surface area contributed by atoms with E-state index in [-0.39, 0.29) is 18.4 Å². The fourth-order valence-electron chi connectivity index (χ4n) is 4.50. The zero-order valence-corrected chi connectivity index (χ0v) is 19.6. The van der Waals surface area contributed by atoms with Gasteiger partial charge in [0.25, 0.3) is 0 Å². The number of carbonyl (C=O) groups is 2. The first-order valence-corrected chi connectivity index (χ1v) is 12.1. The Morgan fingerprint density at radius 1 is 0.941 bits per heavy atom. The smallest absolute Gasteiger partial charge is 0.410 e. The number of nitrogens with zero attached hydrogens (tertiary/aromatic N) is 1. The molecule has 3 aromatic rings. The maximum Gasteiger partial charge on any atom is 0.410 e. The summed E-state index contributed by atoms with van der Waals surface area (Å²) in [5, 5.41) is 9.72. The molecule has 2 atom stereocenters. The van der Waals surface area contributed by atoms with Crippen LogP contribution in [-0.4, -0.2) is 46.5 Å². The van der Waals surface area contributed by atoms with E-state index in [0.29, 0.717) is 6.42 Å². The van der Waals surface area contributed by atoms with Crippen molar-refractivity contribution in [1.82, 2.24) is 4.90 Å². The zero-order chi connectivity index (χ0) is 24.0. The Morgan fingerprint density at radius 2 is 1.41 bits per heavy atom. The van der Waals surface area contributed by atoms with Gasteiger partial charge in [0.05, 0.1) is 4.75 Å². The van der Waals surface area contributed by atoms with Gasteiger partial charge in [0.1, 0.15) is 12.6 Å². The number of amides is 1. The summed E-state index contributed by atoms with van der Waals surface area (Å²) in [5.74, 6) is -1.02. The molecule has 0 radical (unpaired) electrons. The average molecular weight is 474 g/mol. The molecule has 174 valence electrons. The first-order valence-electron chi connectivity index (χ1n) is 11.2. The minimum Gasteiger partial charge on any atom is -0.480 e. The van der Waals surface area contributed by atoms with Gasteiger partial charge in [0, 0.05) is 11.8 Å². The van der Waals surface area contributed by atoms with Crippen LogP contribution in [0.4, 0.5) is 4.79 Å². The van der Waals surface area contributed by atoms with Crippen LogP contribution in [0.2, 0.25) is 0 Å². The maximum atomic E-state index is 12.6. The van der Waals surface area contributed by atoms with Crippen molar-refractivity contribution in [2.75, 3.05) is 13.2 Å². The second kappa shape index (κ2) is 10.6.